The molecule has 0 radical (unpaired) electrons. The molecule has 0 saturated carbocycles. The predicted octanol–water partition coefficient (Wildman–Crippen LogP) is 3.81. The minimum Gasteiger partial charge on any atom is -0.427 e. The Labute approximate surface area is 143 Å². The molecule has 6 heteroatoms. The fourth-order valence-corrected chi connectivity index (χ4v) is 1.80. The van der Waals surface area contributed by atoms with Gasteiger partial charge in [-0.3, -0.25) is 4.79 Å². The highest BCUT2D eigenvalue weighted by molar-refractivity contribution is 6.03. The van der Waals surface area contributed by atoms with Crippen LogP contribution in [0.25, 0.3) is 0 Å². The summed E-state index contributed by atoms with van der Waals surface area (Å²) in [5.74, 6) is -0.265. The quantitative estimate of drug-likeness (QED) is 0.450. The van der Waals surface area contributed by atoms with Crippen LogP contribution < -0.4 is 10.8 Å². The first-order chi connectivity index (χ1) is 11.2. The van der Waals surface area contributed by atoms with Gasteiger partial charge in [-0.15, -0.1) is 5.48 Å². The Balaban J connectivity index is 2.45. The van der Waals surface area contributed by atoms with E-state index in [1.807, 2.05) is 25.1 Å². The first kappa shape index (κ1) is 19.7. The lowest BCUT2D eigenvalue weighted by Gasteiger charge is -2.21. The number of nitrogens with one attached hydrogen (secondary N) is 2. The molecule has 0 saturated heterocycles. The van der Waals surface area contributed by atoms with Crippen LogP contribution in [0.1, 0.15) is 40.5 Å². The van der Waals surface area contributed by atoms with Crippen molar-refractivity contribution in [3.05, 3.63) is 42.5 Å². The molecule has 0 bridgehead atoms. The Bertz CT molecular complexity index is 564. The largest absolute Gasteiger partial charge is 0.528 e. The minimum absolute atomic E-state index is 0.230. The van der Waals surface area contributed by atoms with E-state index in [1.165, 1.54) is 0 Å². The second kappa shape index (κ2) is 9.08. The molecule has 6 nitrogen and oxygen atoms in total. The predicted molar refractivity (Wildman–Crippen MR) is 93.4 cm³/mol. The molecule has 0 aromatic heterocycles. The first-order valence-corrected chi connectivity index (χ1v) is 7.90. The summed E-state index contributed by atoms with van der Waals surface area (Å²) in [6.45, 7) is 11.0. The normalized spacial score (nSPS) is 12.2. The van der Waals surface area contributed by atoms with Gasteiger partial charge in [0, 0.05) is 17.3 Å². The fraction of sp³-hybridized carbons (Fsp3) is 0.444. The van der Waals surface area contributed by atoms with Gasteiger partial charge in [0.15, 0.2) is 0 Å². The van der Waals surface area contributed by atoms with E-state index < -0.39 is 11.8 Å². The maximum absolute atomic E-state index is 12.1. The maximum Gasteiger partial charge on any atom is 0.528 e. The molecule has 24 heavy (non-hydrogen) atoms. The number of ether oxygens (including phenoxy) is 1. The first-order valence-electron chi connectivity index (χ1n) is 7.90. The zero-order chi connectivity index (χ0) is 18.2. The van der Waals surface area contributed by atoms with E-state index in [0.29, 0.717) is 24.1 Å². The van der Waals surface area contributed by atoms with Crippen LogP contribution in [0.15, 0.2) is 42.5 Å². The number of hydroxylamine groups is 1. The summed E-state index contributed by atoms with van der Waals surface area (Å²) in [6.07, 6.45) is 0.193. The number of hydrogen-bond acceptors (Lipinski definition) is 5. The van der Waals surface area contributed by atoms with Gasteiger partial charge in [0.1, 0.15) is 5.60 Å². The molecule has 0 spiro atoms. The molecule has 1 aromatic rings. The molecule has 2 N–H and O–H groups in total. The molecule has 1 rings (SSSR count). The van der Waals surface area contributed by atoms with Crippen LogP contribution in [-0.4, -0.2) is 23.7 Å². The summed E-state index contributed by atoms with van der Waals surface area (Å²) in [4.78, 5) is 28.5. The Morgan fingerprint density at radius 3 is 2.38 bits per heavy atom. The van der Waals surface area contributed by atoms with E-state index in [4.69, 9.17) is 9.57 Å². The van der Waals surface area contributed by atoms with E-state index >= 15 is 0 Å². The number of carbonyl (C=O) groups excluding carboxylic acids is 2. The van der Waals surface area contributed by atoms with Gasteiger partial charge < -0.3 is 14.9 Å². The van der Waals surface area contributed by atoms with Crippen molar-refractivity contribution in [3.8, 4) is 0 Å². The second-order valence-corrected chi connectivity index (χ2v) is 6.42. The standard InChI is InChI=1S/C18H26N2O4/c1-6-14(20-24-17(22)23-18(3,4)5)12-13(2)16(21)19-15-10-8-7-9-11-15/h7-11,14,20H,2,6,12H2,1,3-5H3,(H,19,21)/t14-/m0/s1. The topological polar surface area (TPSA) is 76.7 Å². The van der Waals surface area contributed by atoms with Gasteiger partial charge >= 0.3 is 6.16 Å². The highest BCUT2D eigenvalue weighted by atomic mass is 16.8. The molecular formula is C18H26N2O4. The molecule has 0 aliphatic rings. The molecule has 0 unspecified atom stereocenters. The number of amides is 1. The molecule has 0 aliphatic carbocycles. The molecule has 1 atom stereocenters. The molecular weight excluding hydrogens is 308 g/mol. The molecule has 132 valence electrons. The second-order valence-electron chi connectivity index (χ2n) is 6.42. The van der Waals surface area contributed by atoms with E-state index in [2.05, 4.69) is 17.4 Å². The monoisotopic (exact) mass is 334 g/mol. The van der Waals surface area contributed by atoms with Crippen LogP contribution in [0.2, 0.25) is 0 Å². The number of hydrogen-bond donors (Lipinski definition) is 2. The van der Waals surface area contributed by atoms with Gasteiger partial charge in [-0.2, -0.15) is 0 Å². The van der Waals surface area contributed by atoms with Gasteiger partial charge in [0.05, 0.1) is 0 Å². The summed E-state index contributed by atoms with van der Waals surface area (Å²) < 4.78 is 5.04. The van der Waals surface area contributed by atoms with Crippen LogP contribution >= 0.6 is 0 Å². The van der Waals surface area contributed by atoms with Gasteiger partial charge in [-0.25, -0.2) is 4.79 Å². The van der Waals surface area contributed by atoms with Crippen LogP contribution in [-0.2, 0) is 14.4 Å². The van der Waals surface area contributed by atoms with E-state index in [1.54, 1.807) is 32.9 Å². The van der Waals surface area contributed by atoms with Gasteiger partial charge in [-0.05, 0) is 45.7 Å². The van der Waals surface area contributed by atoms with Gasteiger partial charge in [0.25, 0.3) is 5.91 Å². The summed E-state index contributed by atoms with van der Waals surface area (Å²) in [5, 5.41) is 2.77. The van der Waals surface area contributed by atoms with Gasteiger partial charge in [-0.1, -0.05) is 31.7 Å². The van der Waals surface area contributed by atoms with Crippen LogP contribution in [0.3, 0.4) is 0 Å². The summed E-state index contributed by atoms with van der Waals surface area (Å²) >= 11 is 0. The van der Waals surface area contributed by atoms with Crippen molar-refractivity contribution < 1.29 is 19.2 Å². The van der Waals surface area contributed by atoms with E-state index in [-0.39, 0.29) is 11.9 Å². The third kappa shape index (κ3) is 7.78. The Hall–Kier alpha value is -2.34. The van der Waals surface area contributed by atoms with Crippen molar-refractivity contribution in [1.29, 1.82) is 0 Å². The van der Waals surface area contributed by atoms with Crippen molar-refractivity contribution in [2.24, 2.45) is 0 Å². The number of carbonyl (C=O) groups is 2. The maximum atomic E-state index is 12.1. The number of benzene rings is 1. The molecule has 1 aromatic carbocycles. The zero-order valence-electron chi connectivity index (χ0n) is 14.7. The molecule has 1 amide bonds. The zero-order valence-corrected chi connectivity index (χ0v) is 14.7. The lowest BCUT2D eigenvalue weighted by molar-refractivity contribution is -0.113. The third-order valence-electron chi connectivity index (χ3n) is 3.04. The van der Waals surface area contributed by atoms with Crippen molar-refractivity contribution >= 4 is 17.7 Å². The molecule has 0 aliphatic heterocycles. The van der Waals surface area contributed by atoms with Crippen LogP contribution in [0, 0.1) is 0 Å². The SMILES string of the molecule is C=C(C[C@H](CC)NOC(=O)OC(C)(C)C)C(=O)Nc1ccccc1. The lowest BCUT2D eigenvalue weighted by Crippen LogP contribution is -2.35. The van der Waals surface area contributed by atoms with E-state index in [0.717, 1.165) is 0 Å². The van der Waals surface area contributed by atoms with Crippen molar-refractivity contribution in [1.82, 2.24) is 5.48 Å². The van der Waals surface area contributed by atoms with Crippen LogP contribution in [0.4, 0.5) is 10.5 Å². The Morgan fingerprint density at radius 1 is 1.21 bits per heavy atom. The van der Waals surface area contributed by atoms with E-state index in [9.17, 15) is 9.59 Å². The van der Waals surface area contributed by atoms with Crippen molar-refractivity contribution in [2.75, 3.05) is 5.32 Å². The Morgan fingerprint density at radius 2 is 1.83 bits per heavy atom. The summed E-state index contributed by atoms with van der Waals surface area (Å²) in [5.41, 5.74) is 3.10. The average Bonchev–Trinajstić information content (AvgIpc) is 2.50. The van der Waals surface area contributed by atoms with Crippen LogP contribution in [0.5, 0.6) is 0 Å². The fourth-order valence-electron chi connectivity index (χ4n) is 1.80. The number of para-hydroxylation sites is 1. The van der Waals surface area contributed by atoms with Crippen molar-refractivity contribution in [2.45, 2.75) is 52.2 Å². The smallest absolute Gasteiger partial charge is 0.427 e. The Kier molecular flexibility index (Phi) is 7.45. The average molecular weight is 334 g/mol. The lowest BCUT2D eigenvalue weighted by atomic mass is 10.1. The highest BCUT2D eigenvalue weighted by Gasteiger charge is 2.20. The minimum atomic E-state index is -0.805. The number of rotatable bonds is 7. The highest BCUT2D eigenvalue weighted by Crippen LogP contribution is 2.12. The summed E-state index contributed by atoms with van der Waals surface area (Å²) in [6, 6.07) is 8.91. The van der Waals surface area contributed by atoms with Gasteiger partial charge in [0.2, 0.25) is 0 Å². The molecule has 0 fully saturated rings. The third-order valence-corrected chi connectivity index (χ3v) is 3.04. The van der Waals surface area contributed by atoms with Crippen molar-refractivity contribution in [3.63, 3.8) is 0 Å². The summed E-state index contributed by atoms with van der Waals surface area (Å²) in [7, 11) is 0. The number of anilines is 1. The molecule has 0 heterocycles.